The zero-order chi connectivity index (χ0) is 25.2. The van der Waals surface area contributed by atoms with Gasteiger partial charge in [-0.3, -0.25) is 14.6 Å². The van der Waals surface area contributed by atoms with E-state index in [-0.39, 0.29) is 35.2 Å². The van der Waals surface area contributed by atoms with E-state index < -0.39 is 17.3 Å². The number of aliphatic imine (C=N–C) groups is 1. The molecule has 1 aliphatic rings. The van der Waals surface area contributed by atoms with E-state index in [1.165, 1.54) is 0 Å². The van der Waals surface area contributed by atoms with Crippen LogP contribution in [0.1, 0.15) is 57.2 Å². The fourth-order valence-electron chi connectivity index (χ4n) is 4.21. The summed E-state index contributed by atoms with van der Waals surface area (Å²) in [5, 5.41) is 7.50. The van der Waals surface area contributed by atoms with Crippen molar-refractivity contribution >= 4 is 22.5 Å². The second kappa shape index (κ2) is 9.99. The van der Waals surface area contributed by atoms with Crippen LogP contribution in [0.4, 0.5) is 13.2 Å². The number of rotatable bonds is 5. The van der Waals surface area contributed by atoms with E-state index >= 15 is 0 Å². The first-order valence-corrected chi connectivity index (χ1v) is 11.2. The third-order valence-electron chi connectivity index (χ3n) is 5.97. The predicted octanol–water partition coefficient (Wildman–Crippen LogP) is 4.07. The Labute approximate surface area is 196 Å². The Morgan fingerprint density at radius 3 is 2.59 bits per heavy atom. The highest BCUT2D eigenvalue weighted by Gasteiger charge is 2.31. The van der Waals surface area contributed by atoms with Crippen molar-refractivity contribution in [2.45, 2.75) is 64.7 Å². The summed E-state index contributed by atoms with van der Waals surface area (Å²) in [4.78, 5) is 32.1. The fraction of sp³-hybridized carbons (Fsp3) is 0.500. The molecule has 0 spiro atoms. The van der Waals surface area contributed by atoms with Crippen molar-refractivity contribution in [3.63, 3.8) is 0 Å². The summed E-state index contributed by atoms with van der Waals surface area (Å²) in [6, 6.07) is 2.88. The number of nitrogens with zero attached hydrogens (tertiary/aromatic N) is 4. The standard InChI is InChI=1S/C24H30F3N5O2/c1-14(2)22-19-12-16(24(25,26)27)6-8-18(19)23(34)32(30-22)13-21(33)29-17-7-9-20(28-5)31(11-10-17)15(3)4/h6,8,12,14,17H,3,7,9-11,13H2,1-2,4-5H3,(H,29,33)/t17-/m1/s1. The first-order valence-electron chi connectivity index (χ1n) is 11.2. The van der Waals surface area contributed by atoms with Gasteiger partial charge in [-0.1, -0.05) is 20.4 Å². The lowest BCUT2D eigenvalue weighted by Crippen LogP contribution is -2.40. The van der Waals surface area contributed by atoms with Gasteiger partial charge in [0.2, 0.25) is 5.91 Å². The van der Waals surface area contributed by atoms with Gasteiger partial charge in [-0.15, -0.1) is 0 Å². The Balaban J connectivity index is 1.84. The lowest BCUT2D eigenvalue weighted by Gasteiger charge is -2.23. The van der Waals surface area contributed by atoms with Crippen LogP contribution >= 0.6 is 0 Å². The maximum atomic E-state index is 13.2. The van der Waals surface area contributed by atoms with Crippen molar-refractivity contribution in [3.05, 3.63) is 52.1 Å². The number of likely N-dealkylation sites (tertiary alicyclic amines) is 1. The van der Waals surface area contributed by atoms with E-state index in [9.17, 15) is 22.8 Å². The number of allylic oxidation sites excluding steroid dienone is 1. The fourth-order valence-corrected chi connectivity index (χ4v) is 4.21. The lowest BCUT2D eigenvalue weighted by atomic mass is 10.0. The van der Waals surface area contributed by atoms with Crippen LogP contribution in [0.3, 0.4) is 0 Å². The van der Waals surface area contributed by atoms with Crippen LogP contribution < -0.4 is 10.9 Å². The Morgan fingerprint density at radius 1 is 1.29 bits per heavy atom. The van der Waals surface area contributed by atoms with Gasteiger partial charge in [0.25, 0.3) is 5.56 Å². The number of hydrogen-bond acceptors (Lipinski definition) is 4. The molecule has 1 saturated heterocycles. The highest BCUT2D eigenvalue weighted by atomic mass is 19.4. The third kappa shape index (κ3) is 5.48. The van der Waals surface area contributed by atoms with Gasteiger partial charge in [0.05, 0.1) is 16.6 Å². The molecule has 10 heteroatoms. The minimum Gasteiger partial charge on any atom is -0.352 e. The zero-order valence-corrected chi connectivity index (χ0v) is 19.9. The molecule has 1 aromatic heterocycles. The number of amides is 1. The highest BCUT2D eigenvalue weighted by Crippen LogP contribution is 2.32. The summed E-state index contributed by atoms with van der Waals surface area (Å²) in [6.07, 6.45) is -2.46. The van der Waals surface area contributed by atoms with Crippen molar-refractivity contribution < 1.29 is 18.0 Å². The van der Waals surface area contributed by atoms with Gasteiger partial charge in [0, 0.05) is 37.1 Å². The molecular weight excluding hydrogens is 447 g/mol. The summed E-state index contributed by atoms with van der Waals surface area (Å²) >= 11 is 0. The maximum absolute atomic E-state index is 13.2. The minimum absolute atomic E-state index is 0.106. The number of carbonyl (C=O) groups excluding carboxylic acids is 1. The number of alkyl halides is 3. The topological polar surface area (TPSA) is 79.6 Å². The van der Waals surface area contributed by atoms with E-state index in [1.54, 1.807) is 20.9 Å². The summed E-state index contributed by atoms with van der Waals surface area (Å²) in [6.45, 7) is 9.81. The molecular formula is C24H30F3N5O2. The second-order valence-corrected chi connectivity index (χ2v) is 8.88. The minimum atomic E-state index is -4.53. The Kier molecular flexibility index (Phi) is 7.48. The van der Waals surface area contributed by atoms with Crippen LogP contribution in [0.2, 0.25) is 0 Å². The van der Waals surface area contributed by atoms with Crippen LogP contribution in [-0.4, -0.2) is 46.1 Å². The van der Waals surface area contributed by atoms with Gasteiger partial charge in [0.1, 0.15) is 12.4 Å². The van der Waals surface area contributed by atoms with Gasteiger partial charge in [-0.2, -0.15) is 18.3 Å². The van der Waals surface area contributed by atoms with Gasteiger partial charge < -0.3 is 10.2 Å². The van der Waals surface area contributed by atoms with Gasteiger partial charge in [-0.05, 0) is 43.9 Å². The van der Waals surface area contributed by atoms with Gasteiger partial charge in [0.15, 0.2) is 0 Å². The third-order valence-corrected chi connectivity index (χ3v) is 5.97. The van der Waals surface area contributed by atoms with Crippen LogP contribution in [-0.2, 0) is 17.5 Å². The molecule has 7 nitrogen and oxygen atoms in total. The average molecular weight is 478 g/mol. The quantitative estimate of drug-likeness (QED) is 0.704. The zero-order valence-electron chi connectivity index (χ0n) is 19.9. The summed E-state index contributed by atoms with van der Waals surface area (Å²) in [5.74, 6) is 0.290. The predicted molar refractivity (Wildman–Crippen MR) is 126 cm³/mol. The summed E-state index contributed by atoms with van der Waals surface area (Å²) < 4.78 is 40.6. The van der Waals surface area contributed by atoms with Crippen molar-refractivity contribution in [2.75, 3.05) is 13.6 Å². The van der Waals surface area contributed by atoms with Crippen molar-refractivity contribution in [2.24, 2.45) is 4.99 Å². The van der Waals surface area contributed by atoms with E-state index in [2.05, 4.69) is 22.0 Å². The number of hydrogen-bond donors (Lipinski definition) is 1. The van der Waals surface area contributed by atoms with Crippen molar-refractivity contribution in [1.82, 2.24) is 20.0 Å². The summed E-state index contributed by atoms with van der Waals surface area (Å²) in [5.41, 5.74) is -0.220. The number of aromatic nitrogens is 2. The summed E-state index contributed by atoms with van der Waals surface area (Å²) in [7, 11) is 1.73. The molecule has 1 aliphatic heterocycles. The highest BCUT2D eigenvalue weighted by molar-refractivity contribution is 5.86. The number of fused-ring (bicyclic) bond motifs is 1. The van der Waals surface area contributed by atoms with Crippen molar-refractivity contribution in [3.8, 4) is 0 Å². The normalized spacial score (nSPS) is 18.4. The van der Waals surface area contributed by atoms with Crippen LogP contribution in [0.25, 0.3) is 10.8 Å². The van der Waals surface area contributed by atoms with Gasteiger partial charge >= 0.3 is 6.18 Å². The monoisotopic (exact) mass is 477 g/mol. The molecule has 34 heavy (non-hydrogen) atoms. The first kappa shape index (κ1) is 25.5. The molecule has 0 bridgehead atoms. The van der Waals surface area contributed by atoms with Crippen LogP contribution in [0.5, 0.6) is 0 Å². The number of benzene rings is 1. The number of nitrogens with one attached hydrogen (secondary N) is 1. The smallest absolute Gasteiger partial charge is 0.352 e. The molecule has 2 aromatic rings. The van der Waals surface area contributed by atoms with E-state index in [1.807, 2.05) is 11.8 Å². The molecule has 184 valence electrons. The number of carbonyl (C=O) groups is 1. The average Bonchev–Trinajstić information content (AvgIpc) is 2.96. The SMILES string of the molecule is C=C(C)N1CC[C@H](NC(=O)Cn2nc(C(C)C)c3cc(C(F)(F)F)ccc3c2=O)CCC1=NC. The van der Waals surface area contributed by atoms with Crippen LogP contribution in [0.15, 0.2) is 40.3 Å². The lowest BCUT2D eigenvalue weighted by molar-refractivity contribution is -0.137. The molecule has 1 atom stereocenters. The maximum Gasteiger partial charge on any atom is 0.416 e. The number of halogens is 3. The van der Waals surface area contributed by atoms with Gasteiger partial charge in [-0.25, -0.2) is 4.68 Å². The Bertz CT molecular complexity index is 1180. The van der Waals surface area contributed by atoms with E-state index in [4.69, 9.17) is 0 Å². The Hall–Kier alpha value is -3.17. The second-order valence-electron chi connectivity index (χ2n) is 8.88. The van der Waals surface area contributed by atoms with E-state index in [0.29, 0.717) is 31.5 Å². The molecule has 0 unspecified atom stereocenters. The molecule has 1 aromatic carbocycles. The van der Waals surface area contributed by atoms with Crippen molar-refractivity contribution in [1.29, 1.82) is 0 Å². The molecule has 0 aliphatic carbocycles. The largest absolute Gasteiger partial charge is 0.416 e. The Morgan fingerprint density at radius 2 is 2.00 bits per heavy atom. The molecule has 0 radical (unpaired) electrons. The number of amidine groups is 1. The molecule has 1 amide bonds. The van der Waals surface area contributed by atoms with Crippen LogP contribution in [0, 0.1) is 0 Å². The first-order chi connectivity index (χ1) is 15.9. The molecule has 3 rings (SSSR count). The van der Waals surface area contributed by atoms with E-state index in [0.717, 1.165) is 34.4 Å². The molecule has 2 heterocycles. The molecule has 1 fully saturated rings. The molecule has 0 saturated carbocycles. The molecule has 1 N–H and O–H groups in total.